The van der Waals surface area contributed by atoms with Gasteiger partial charge >= 0.3 is 11.9 Å². The number of ether oxygens (including phenoxy) is 2. The molecule has 5 rings (SSSR count). The molecule has 5 aromatic rings. The van der Waals surface area contributed by atoms with E-state index in [0.717, 1.165) is 0 Å². The summed E-state index contributed by atoms with van der Waals surface area (Å²) in [5.74, 6) is -2.68. The van der Waals surface area contributed by atoms with E-state index in [1.54, 1.807) is 115 Å². The van der Waals surface area contributed by atoms with E-state index < -0.39 is 23.5 Å². The van der Waals surface area contributed by atoms with Gasteiger partial charge in [0.1, 0.15) is 0 Å². The second kappa shape index (κ2) is 10.9. The van der Waals surface area contributed by atoms with E-state index in [0.29, 0.717) is 10.8 Å². The third-order valence-corrected chi connectivity index (χ3v) is 6.10. The lowest BCUT2D eigenvalue weighted by molar-refractivity contribution is -0.131. The minimum Gasteiger partial charge on any atom is -0.425 e. The van der Waals surface area contributed by atoms with Gasteiger partial charge in [0.15, 0.2) is 23.1 Å². The van der Waals surface area contributed by atoms with Crippen LogP contribution in [0, 0.1) is 0 Å². The molecule has 0 aliphatic heterocycles. The summed E-state index contributed by atoms with van der Waals surface area (Å²) in [6.45, 7) is 1.22. The van der Waals surface area contributed by atoms with Crippen LogP contribution in [0.1, 0.15) is 49.1 Å². The van der Waals surface area contributed by atoms with E-state index in [2.05, 4.69) is 0 Å². The molecule has 0 fully saturated rings. The Morgan fingerprint density at radius 3 is 1.23 bits per heavy atom. The molecule has 0 aliphatic carbocycles. The SMILES string of the molecule is CC(=O)Oc1c(C(=O)c2ccccc2)c(C(=O)c2ccccc2)c(OC(=O)c2ccccc2)c2ccccc12. The molecule has 0 spiro atoms. The standard InChI is InChI=1S/C33H22O6/c1-21(34)38-31-25-19-11-12-20-26(25)32(39-33(37)24-17-9-4-10-18-24)28(30(36)23-15-7-3-8-16-23)27(31)29(35)22-13-5-2-6-14-22/h2-20H,1H3. The molecule has 0 aliphatic rings. The first kappa shape index (κ1) is 25.3. The number of benzene rings is 5. The molecule has 39 heavy (non-hydrogen) atoms. The average Bonchev–Trinajstić information content (AvgIpc) is 2.98. The smallest absolute Gasteiger partial charge is 0.343 e. The fourth-order valence-electron chi connectivity index (χ4n) is 4.36. The largest absolute Gasteiger partial charge is 0.425 e. The van der Waals surface area contributed by atoms with Crippen LogP contribution in [-0.4, -0.2) is 23.5 Å². The first-order chi connectivity index (χ1) is 19.0. The number of ketones is 2. The van der Waals surface area contributed by atoms with Gasteiger partial charge in [0, 0.05) is 28.8 Å². The third-order valence-electron chi connectivity index (χ3n) is 6.10. The number of esters is 2. The number of carbonyl (C=O) groups excluding carboxylic acids is 4. The topological polar surface area (TPSA) is 86.7 Å². The van der Waals surface area contributed by atoms with Crippen LogP contribution in [0.5, 0.6) is 11.5 Å². The molecular formula is C33H22O6. The van der Waals surface area contributed by atoms with Crippen LogP contribution < -0.4 is 9.47 Å². The average molecular weight is 515 g/mol. The first-order valence-electron chi connectivity index (χ1n) is 12.2. The lowest BCUT2D eigenvalue weighted by atomic mass is 9.88. The zero-order valence-electron chi connectivity index (χ0n) is 20.9. The van der Waals surface area contributed by atoms with Crippen LogP contribution in [0.3, 0.4) is 0 Å². The van der Waals surface area contributed by atoms with Gasteiger partial charge in [-0.25, -0.2) is 4.79 Å². The Morgan fingerprint density at radius 2 is 0.821 bits per heavy atom. The first-order valence-corrected chi connectivity index (χ1v) is 12.2. The number of hydrogen-bond donors (Lipinski definition) is 0. The zero-order chi connectivity index (χ0) is 27.4. The van der Waals surface area contributed by atoms with E-state index in [-0.39, 0.29) is 39.3 Å². The van der Waals surface area contributed by atoms with Crippen LogP contribution in [0.4, 0.5) is 0 Å². The van der Waals surface area contributed by atoms with Gasteiger partial charge in [-0.05, 0) is 12.1 Å². The van der Waals surface area contributed by atoms with E-state index in [4.69, 9.17) is 9.47 Å². The maximum atomic E-state index is 14.1. The van der Waals surface area contributed by atoms with Crippen LogP contribution in [0.15, 0.2) is 115 Å². The molecule has 6 heteroatoms. The van der Waals surface area contributed by atoms with Crippen molar-refractivity contribution in [3.8, 4) is 11.5 Å². The monoisotopic (exact) mass is 514 g/mol. The van der Waals surface area contributed by atoms with Crippen molar-refractivity contribution in [3.05, 3.63) is 143 Å². The van der Waals surface area contributed by atoms with Crippen molar-refractivity contribution in [3.63, 3.8) is 0 Å². The highest BCUT2D eigenvalue weighted by molar-refractivity contribution is 6.26. The van der Waals surface area contributed by atoms with Crippen molar-refractivity contribution in [2.45, 2.75) is 6.92 Å². The number of rotatable bonds is 7. The summed E-state index contributed by atoms with van der Waals surface area (Å²) in [7, 11) is 0. The van der Waals surface area contributed by atoms with Crippen molar-refractivity contribution < 1.29 is 28.7 Å². The Kier molecular flexibility index (Phi) is 7.10. The highest BCUT2D eigenvalue weighted by Crippen LogP contribution is 2.43. The third kappa shape index (κ3) is 5.08. The molecule has 0 unspecified atom stereocenters. The lowest BCUT2D eigenvalue weighted by Crippen LogP contribution is -2.19. The summed E-state index contributed by atoms with van der Waals surface area (Å²) in [4.78, 5) is 53.8. The summed E-state index contributed by atoms with van der Waals surface area (Å²) in [6.07, 6.45) is 0. The number of hydrogen-bond acceptors (Lipinski definition) is 6. The van der Waals surface area contributed by atoms with Crippen molar-refractivity contribution >= 4 is 34.3 Å². The predicted molar refractivity (Wildman–Crippen MR) is 146 cm³/mol. The van der Waals surface area contributed by atoms with Crippen molar-refractivity contribution in [2.24, 2.45) is 0 Å². The van der Waals surface area contributed by atoms with Gasteiger partial charge in [0.2, 0.25) is 0 Å². The molecule has 0 saturated heterocycles. The molecule has 0 aromatic heterocycles. The molecular weight excluding hydrogens is 492 g/mol. The van der Waals surface area contributed by atoms with Crippen LogP contribution >= 0.6 is 0 Å². The fourth-order valence-corrected chi connectivity index (χ4v) is 4.36. The second-order valence-electron chi connectivity index (χ2n) is 8.69. The highest BCUT2D eigenvalue weighted by atomic mass is 16.5. The summed E-state index contributed by atoms with van der Waals surface area (Å²) in [6, 6.07) is 31.7. The van der Waals surface area contributed by atoms with Gasteiger partial charge in [-0.1, -0.05) is 103 Å². The highest BCUT2D eigenvalue weighted by Gasteiger charge is 2.33. The van der Waals surface area contributed by atoms with E-state index >= 15 is 0 Å². The predicted octanol–water partition coefficient (Wildman–Crippen LogP) is 6.45. The molecule has 0 heterocycles. The lowest BCUT2D eigenvalue weighted by Gasteiger charge is -2.20. The van der Waals surface area contributed by atoms with Crippen LogP contribution in [0.2, 0.25) is 0 Å². The Bertz CT molecular complexity index is 1710. The molecule has 0 amide bonds. The van der Waals surface area contributed by atoms with Crippen molar-refractivity contribution in [1.82, 2.24) is 0 Å². The van der Waals surface area contributed by atoms with E-state index in [9.17, 15) is 19.2 Å². The Balaban J connectivity index is 1.88. The summed E-state index contributed by atoms with van der Waals surface area (Å²) in [5.41, 5.74) is 0.457. The maximum Gasteiger partial charge on any atom is 0.343 e. The summed E-state index contributed by atoms with van der Waals surface area (Å²) in [5, 5.41) is 0.675. The minimum atomic E-state index is -0.707. The molecule has 0 atom stereocenters. The Morgan fingerprint density at radius 1 is 0.462 bits per heavy atom. The Labute approximate surface area is 224 Å². The van der Waals surface area contributed by atoms with Crippen LogP contribution in [0.25, 0.3) is 10.8 Å². The minimum absolute atomic E-state index is 0.0780. The fraction of sp³-hybridized carbons (Fsp3) is 0.0303. The molecule has 190 valence electrons. The summed E-state index contributed by atoms with van der Waals surface area (Å²) < 4.78 is 11.5. The van der Waals surface area contributed by atoms with Gasteiger partial charge in [0.25, 0.3) is 0 Å². The molecule has 0 radical (unpaired) electrons. The molecule has 0 bridgehead atoms. The van der Waals surface area contributed by atoms with E-state index in [1.807, 2.05) is 0 Å². The molecule has 6 nitrogen and oxygen atoms in total. The number of carbonyl (C=O) groups is 4. The second-order valence-corrected chi connectivity index (χ2v) is 8.69. The molecule has 5 aromatic carbocycles. The zero-order valence-corrected chi connectivity index (χ0v) is 20.9. The molecule has 0 N–H and O–H groups in total. The molecule has 0 saturated carbocycles. The van der Waals surface area contributed by atoms with Crippen LogP contribution in [-0.2, 0) is 4.79 Å². The van der Waals surface area contributed by atoms with Crippen molar-refractivity contribution in [1.29, 1.82) is 0 Å². The van der Waals surface area contributed by atoms with Gasteiger partial charge in [-0.2, -0.15) is 0 Å². The van der Waals surface area contributed by atoms with Gasteiger partial charge < -0.3 is 9.47 Å². The maximum absolute atomic E-state index is 14.1. The van der Waals surface area contributed by atoms with Crippen molar-refractivity contribution in [2.75, 3.05) is 0 Å². The quantitative estimate of drug-likeness (QED) is 0.141. The van der Waals surface area contributed by atoms with Gasteiger partial charge in [-0.3, -0.25) is 14.4 Å². The van der Waals surface area contributed by atoms with E-state index in [1.165, 1.54) is 6.92 Å². The Hall–Kier alpha value is -5.36. The summed E-state index contributed by atoms with van der Waals surface area (Å²) >= 11 is 0. The van der Waals surface area contributed by atoms with Gasteiger partial charge in [0.05, 0.1) is 16.7 Å². The normalized spacial score (nSPS) is 10.6. The number of fused-ring (bicyclic) bond motifs is 1. The van der Waals surface area contributed by atoms with Gasteiger partial charge in [-0.15, -0.1) is 0 Å².